The van der Waals surface area contributed by atoms with Crippen LogP contribution in [0.5, 0.6) is 0 Å². The first kappa shape index (κ1) is 23.8. The number of hydrogen-bond donors (Lipinski definition) is 4. The third-order valence-corrected chi connectivity index (χ3v) is 5.53. The number of aliphatic hydroxyl groups is 1. The summed E-state index contributed by atoms with van der Waals surface area (Å²) in [6.45, 7) is -0.738. The molecule has 2 aromatic rings. The summed E-state index contributed by atoms with van der Waals surface area (Å²) in [5.41, 5.74) is 4.25. The number of nitrogens with one attached hydrogen (secondary N) is 2. The van der Waals surface area contributed by atoms with E-state index < -0.39 is 36.7 Å². The van der Waals surface area contributed by atoms with Crippen molar-refractivity contribution >= 4 is 18.0 Å². The molecule has 4 N–H and O–H groups in total. The van der Waals surface area contributed by atoms with Gasteiger partial charge in [-0.1, -0.05) is 48.5 Å². The van der Waals surface area contributed by atoms with Gasteiger partial charge in [0, 0.05) is 12.3 Å². The molecule has 0 heterocycles. The van der Waals surface area contributed by atoms with Gasteiger partial charge in [0.05, 0.1) is 12.7 Å². The second-order valence-corrected chi connectivity index (χ2v) is 7.65. The monoisotopic (exact) mass is 451 g/mol. The Morgan fingerprint density at radius 3 is 2.15 bits per heavy atom. The summed E-state index contributed by atoms with van der Waals surface area (Å²) in [5.74, 6) is -2.33. The van der Waals surface area contributed by atoms with E-state index in [0.717, 1.165) is 22.3 Å². The first-order valence-corrected chi connectivity index (χ1v) is 10.6. The first-order valence-electron chi connectivity index (χ1n) is 10.6. The summed E-state index contributed by atoms with van der Waals surface area (Å²) in [6.07, 6.45) is -0.237. The zero-order chi connectivity index (χ0) is 23.8. The van der Waals surface area contributed by atoms with Crippen molar-refractivity contribution in [2.45, 2.75) is 37.3 Å². The number of carboxylic acids is 1. The number of nitrogens with zero attached hydrogens (tertiary/aromatic N) is 1. The lowest BCUT2D eigenvalue weighted by molar-refractivity contribution is -0.143. The molecule has 1 aliphatic carbocycles. The average Bonchev–Trinajstić information content (AvgIpc) is 3.14. The van der Waals surface area contributed by atoms with Crippen molar-refractivity contribution in [2.75, 3.05) is 13.2 Å². The van der Waals surface area contributed by atoms with Crippen molar-refractivity contribution in [3.63, 3.8) is 0 Å². The Balaban J connectivity index is 1.66. The Morgan fingerprint density at radius 2 is 1.61 bits per heavy atom. The van der Waals surface area contributed by atoms with E-state index in [1.165, 1.54) is 0 Å². The van der Waals surface area contributed by atoms with Crippen LogP contribution in [0, 0.1) is 11.3 Å². The molecule has 3 rings (SSSR count). The second-order valence-electron chi connectivity index (χ2n) is 7.65. The number of aliphatic carboxylic acids is 1. The average molecular weight is 451 g/mol. The van der Waals surface area contributed by atoms with Crippen LogP contribution in [0.3, 0.4) is 0 Å². The summed E-state index contributed by atoms with van der Waals surface area (Å²) < 4.78 is 5.44. The van der Waals surface area contributed by atoms with Gasteiger partial charge in [-0.3, -0.25) is 4.79 Å². The minimum Gasteiger partial charge on any atom is -0.480 e. The molecule has 2 atom stereocenters. The third kappa shape index (κ3) is 5.67. The Morgan fingerprint density at radius 1 is 1.00 bits per heavy atom. The standard InChI is InChI=1S/C24H25N3O6/c25-12-6-5-11-20(22(29)26-21(13-28)23(30)31)27-24(32)33-14-19-17-9-3-1-7-15(17)16-8-2-4-10-18(16)19/h1-4,7-10,19-21,28H,5-6,11,13-14H2,(H,26,29)(H,27,32)(H,30,31)/t20?,21-/m1/s1. The maximum atomic E-state index is 12.5. The molecular formula is C24H25N3O6. The number of rotatable bonds is 10. The molecule has 9 heteroatoms. The number of unbranched alkanes of at least 4 members (excludes halogenated alkanes) is 1. The summed E-state index contributed by atoms with van der Waals surface area (Å²) >= 11 is 0. The Hall–Kier alpha value is -3.90. The molecule has 172 valence electrons. The molecule has 0 spiro atoms. The highest BCUT2D eigenvalue weighted by molar-refractivity contribution is 5.89. The molecule has 0 saturated carbocycles. The molecule has 2 aromatic carbocycles. The molecule has 33 heavy (non-hydrogen) atoms. The van der Waals surface area contributed by atoms with Crippen LogP contribution in [-0.2, 0) is 14.3 Å². The SMILES string of the molecule is N#CCCCC(NC(=O)OCC1c2ccccc2-c2ccccc21)C(=O)N[C@H](CO)C(=O)O. The predicted octanol–water partition coefficient (Wildman–Crippen LogP) is 2.15. The Kier molecular flexibility index (Phi) is 8.00. The number of ether oxygens (including phenoxy) is 1. The fraction of sp³-hybridized carbons (Fsp3) is 0.333. The van der Waals surface area contributed by atoms with Crippen LogP contribution in [-0.4, -0.2) is 53.5 Å². The van der Waals surface area contributed by atoms with Crippen molar-refractivity contribution < 1.29 is 29.3 Å². The number of alkyl carbamates (subject to hydrolysis) is 1. The van der Waals surface area contributed by atoms with Crippen molar-refractivity contribution in [3.8, 4) is 17.2 Å². The quantitative estimate of drug-likeness (QED) is 0.404. The maximum Gasteiger partial charge on any atom is 0.407 e. The van der Waals surface area contributed by atoms with E-state index >= 15 is 0 Å². The van der Waals surface area contributed by atoms with Gasteiger partial charge >= 0.3 is 12.1 Å². The largest absolute Gasteiger partial charge is 0.480 e. The highest BCUT2D eigenvalue weighted by atomic mass is 16.5. The molecule has 1 aliphatic rings. The van der Waals surface area contributed by atoms with Crippen LogP contribution in [0.15, 0.2) is 48.5 Å². The van der Waals surface area contributed by atoms with Crippen LogP contribution in [0.2, 0.25) is 0 Å². The topological polar surface area (TPSA) is 149 Å². The number of carbonyl (C=O) groups excluding carboxylic acids is 2. The lowest BCUT2D eigenvalue weighted by Crippen LogP contribution is -2.52. The lowest BCUT2D eigenvalue weighted by atomic mass is 9.98. The number of fused-ring (bicyclic) bond motifs is 3. The highest BCUT2D eigenvalue weighted by Gasteiger charge is 2.30. The van der Waals surface area contributed by atoms with Gasteiger partial charge in [-0.2, -0.15) is 5.26 Å². The van der Waals surface area contributed by atoms with Crippen LogP contribution < -0.4 is 10.6 Å². The van der Waals surface area contributed by atoms with E-state index in [0.29, 0.717) is 6.42 Å². The maximum absolute atomic E-state index is 12.5. The molecule has 0 bridgehead atoms. The fourth-order valence-corrected chi connectivity index (χ4v) is 3.89. The lowest BCUT2D eigenvalue weighted by Gasteiger charge is -2.21. The van der Waals surface area contributed by atoms with E-state index in [2.05, 4.69) is 10.6 Å². The number of amides is 2. The van der Waals surface area contributed by atoms with Crippen molar-refractivity contribution in [2.24, 2.45) is 0 Å². The van der Waals surface area contributed by atoms with Gasteiger partial charge in [0.2, 0.25) is 5.91 Å². The number of hydrogen-bond acceptors (Lipinski definition) is 6. The van der Waals surface area contributed by atoms with E-state index in [-0.39, 0.29) is 25.4 Å². The predicted molar refractivity (Wildman–Crippen MR) is 118 cm³/mol. The smallest absolute Gasteiger partial charge is 0.407 e. The molecule has 0 fully saturated rings. The van der Waals surface area contributed by atoms with Crippen LogP contribution in [0.25, 0.3) is 11.1 Å². The summed E-state index contributed by atoms with van der Waals surface area (Å²) in [6, 6.07) is 15.1. The van der Waals surface area contributed by atoms with Gasteiger partial charge in [-0.05, 0) is 35.1 Å². The van der Waals surface area contributed by atoms with E-state index in [9.17, 15) is 14.4 Å². The number of aliphatic hydroxyl groups excluding tert-OH is 1. The Labute approximate surface area is 191 Å². The number of carboxylic acid groups (broad SMARTS) is 1. The fourth-order valence-electron chi connectivity index (χ4n) is 3.89. The molecule has 0 radical (unpaired) electrons. The highest BCUT2D eigenvalue weighted by Crippen LogP contribution is 2.44. The van der Waals surface area contributed by atoms with Gasteiger partial charge in [-0.15, -0.1) is 0 Å². The minimum atomic E-state index is -1.50. The second kappa shape index (κ2) is 11.1. The number of benzene rings is 2. The van der Waals surface area contributed by atoms with E-state index in [4.69, 9.17) is 20.2 Å². The summed E-state index contributed by atoms with van der Waals surface area (Å²) in [4.78, 5) is 36.1. The summed E-state index contributed by atoms with van der Waals surface area (Å²) in [7, 11) is 0. The normalized spacial score (nSPS) is 13.7. The molecule has 2 amide bonds. The van der Waals surface area contributed by atoms with Gasteiger partial charge in [0.15, 0.2) is 0 Å². The molecule has 0 saturated heterocycles. The minimum absolute atomic E-state index is 0.0563. The van der Waals surface area contributed by atoms with E-state index in [1.54, 1.807) is 0 Å². The van der Waals surface area contributed by atoms with Gasteiger partial charge in [0.1, 0.15) is 18.7 Å². The first-order chi connectivity index (χ1) is 16.0. The van der Waals surface area contributed by atoms with Crippen molar-refractivity contribution in [3.05, 3.63) is 59.7 Å². The van der Waals surface area contributed by atoms with Crippen LogP contribution >= 0.6 is 0 Å². The van der Waals surface area contributed by atoms with E-state index in [1.807, 2.05) is 54.6 Å². The zero-order valence-electron chi connectivity index (χ0n) is 17.9. The zero-order valence-corrected chi connectivity index (χ0v) is 17.9. The number of nitriles is 1. The van der Waals surface area contributed by atoms with Crippen LogP contribution in [0.4, 0.5) is 4.79 Å². The molecule has 9 nitrogen and oxygen atoms in total. The molecular weight excluding hydrogens is 426 g/mol. The molecule has 0 aromatic heterocycles. The molecule has 0 aliphatic heterocycles. The van der Waals surface area contributed by atoms with Crippen molar-refractivity contribution in [1.82, 2.24) is 10.6 Å². The van der Waals surface area contributed by atoms with Crippen molar-refractivity contribution in [1.29, 1.82) is 5.26 Å². The summed E-state index contributed by atoms with van der Waals surface area (Å²) in [5, 5.41) is 31.6. The molecule has 1 unspecified atom stereocenters. The third-order valence-electron chi connectivity index (χ3n) is 5.53. The number of carbonyl (C=O) groups is 3. The Bertz CT molecular complexity index is 1020. The van der Waals surface area contributed by atoms with Gasteiger partial charge in [-0.25, -0.2) is 9.59 Å². The van der Waals surface area contributed by atoms with Gasteiger partial charge < -0.3 is 25.6 Å². The van der Waals surface area contributed by atoms with Gasteiger partial charge in [0.25, 0.3) is 0 Å². The van der Waals surface area contributed by atoms with Crippen LogP contribution in [0.1, 0.15) is 36.3 Å².